The maximum Gasteiger partial charge on any atom is 0.253 e. The zero-order chi connectivity index (χ0) is 44.6. The Morgan fingerprint density at radius 1 is 0.304 bits per heavy atom. The molecule has 0 N–H and O–H groups in total. The third kappa shape index (κ3) is 4.46. The Balaban J connectivity index is 1.14. The molecule has 0 fully saturated rings. The Labute approximate surface area is 395 Å². The van der Waals surface area contributed by atoms with Gasteiger partial charge in [0.15, 0.2) is 0 Å². The van der Waals surface area contributed by atoms with Gasteiger partial charge >= 0.3 is 0 Å². The van der Waals surface area contributed by atoms with Gasteiger partial charge in [-0.15, -0.1) is 0 Å². The lowest BCUT2D eigenvalue weighted by Crippen LogP contribution is -2.59. The van der Waals surface area contributed by atoms with E-state index in [9.17, 15) is 0 Å². The van der Waals surface area contributed by atoms with E-state index in [0.29, 0.717) is 0 Å². The van der Waals surface area contributed by atoms with Crippen LogP contribution >= 0.6 is 0 Å². The van der Waals surface area contributed by atoms with E-state index < -0.39 is 0 Å². The normalized spacial score (nSPS) is 12.9. The Bertz CT molecular complexity index is 4800. The summed E-state index contributed by atoms with van der Waals surface area (Å²) < 4.78 is 5.22. The highest BCUT2D eigenvalue weighted by Crippen LogP contribution is 2.48. The monoisotopic (exact) mass is 870 g/mol. The maximum atomic E-state index is 5.01. The first-order valence-electron chi connectivity index (χ1n) is 23.9. The van der Waals surface area contributed by atoms with Crippen molar-refractivity contribution in [3.8, 4) is 33.9 Å². The van der Waals surface area contributed by atoms with Gasteiger partial charge in [0, 0.05) is 67.3 Å². The van der Waals surface area contributed by atoms with Crippen molar-refractivity contribution < 1.29 is 0 Å². The molecule has 15 aromatic rings. The standard InChI is InChI=1S/C64H35BN4/c1-3-18-42-38(14-1)40-16-5-7-20-44(40)58-46(42)27-29-55-60(58)50-35-48-43-19-4-2-15-39(43)41-17-6-8-21-45(41)59(48)62-64(50)69(55)57-25-13-24-56-61(57)65(62)51-34-37(53-23-10-12-31-67-53)33-49-47-32-36(52-22-9-11-30-66-52)26-28-54(47)68(56)63(49)51/h1-35H. The molecular weight excluding hydrogens is 836 g/mol. The number of nitrogens with zero attached hydrogens (tertiary/aromatic N) is 4. The van der Waals surface area contributed by atoms with Crippen molar-refractivity contribution in [2.45, 2.75) is 0 Å². The van der Waals surface area contributed by atoms with Gasteiger partial charge in [-0.2, -0.15) is 0 Å². The molecule has 0 atom stereocenters. The summed E-state index contributed by atoms with van der Waals surface area (Å²) in [5, 5.41) is 20.5. The molecule has 0 bridgehead atoms. The maximum absolute atomic E-state index is 5.01. The third-order valence-electron chi connectivity index (χ3n) is 15.9. The second-order valence-corrected chi connectivity index (χ2v) is 19.1. The van der Waals surface area contributed by atoms with E-state index in [2.05, 4.69) is 197 Å². The lowest BCUT2D eigenvalue weighted by atomic mass is 9.33. The molecule has 2 aliphatic heterocycles. The van der Waals surface area contributed by atoms with Crippen LogP contribution in [0, 0.1) is 0 Å². The van der Waals surface area contributed by atoms with Crippen LogP contribution in [-0.4, -0.2) is 25.8 Å². The van der Waals surface area contributed by atoms with Crippen LogP contribution in [0.3, 0.4) is 0 Å². The minimum absolute atomic E-state index is 0.106. The summed E-state index contributed by atoms with van der Waals surface area (Å²) in [6.07, 6.45) is 3.80. The number of hydrogen-bond donors (Lipinski definition) is 0. The molecule has 2 aliphatic rings. The summed E-state index contributed by atoms with van der Waals surface area (Å²) >= 11 is 0. The lowest BCUT2D eigenvalue weighted by Gasteiger charge is -2.34. The first-order chi connectivity index (χ1) is 34.3. The van der Waals surface area contributed by atoms with E-state index in [1.54, 1.807) is 0 Å². The highest BCUT2D eigenvalue weighted by atomic mass is 15.0. The molecule has 0 unspecified atom stereocenters. The summed E-state index contributed by atoms with van der Waals surface area (Å²) in [5.74, 6) is 0. The summed E-state index contributed by atoms with van der Waals surface area (Å²) in [7, 11) is 0. The van der Waals surface area contributed by atoms with Crippen LogP contribution in [0.4, 0.5) is 0 Å². The van der Waals surface area contributed by atoms with E-state index in [4.69, 9.17) is 9.97 Å². The van der Waals surface area contributed by atoms with Gasteiger partial charge in [0.1, 0.15) is 0 Å². The van der Waals surface area contributed by atoms with Gasteiger partial charge in [-0.25, -0.2) is 0 Å². The molecule has 0 radical (unpaired) electrons. The fourth-order valence-electron chi connectivity index (χ4n) is 13.3. The molecule has 0 aliphatic carbocycles. The average molecular weight is 871 g/mol. The molecule has 314 valence electrons. The number of rotatable bonds is 2. The number of pyridine rings is 2. The van der Waals surface area contributed by atoms with Crippen molar-refractivity contribution >= 4 is 131 Å². The molecule has 4 nitrogen and oxygen atoms in total. The van der Waals surface area contributed by atoms with Gasteiger partial charge < -0.3 is 9.13 Å². The van der Waals surface area contributed by atoms with Crippen molar-refractivity contribution in [2.24, 2.45) is 0 Å². The Morgan fingerprint density at radius 2 is 0.826 bits per heavy atom. The molecule has 17 rings (SSSR count). The highest BCUT2D eigenvalue weighted by Gasteiger charge is 2.43. The SMILES string of the molecule is c1ccc(-c2ccc3c(c2)c2cc(-c4ccccn4)cc4c2n3-c2cccc3c2B4c2c4c5ccccc5c5ccccc5c4cc4c5c6c7ccccc7c7ccccc7c6ccc5n-3c24)nc1. The van der Waals surface area contributed by atoms with Crippen LogP contribution in [0.1, 0.15) is 0 Å². The quantitative estimate of drug-likeness (QED) is 0.128. The first-order valence-corrected chi connectivity index (χ1v) is 23.9. The molecule has 5 heteroatoms. The largest absolute Gasteiger partial charge is 0.310 e. The fraction of sp³-hybridized carbons (Fsp3) is 0. The van der Waals surface area contributed by atoms with Crippen molar-refractivity contribution in [3.05, 3.63) is 213 Å². The molecular formula is C64H35BN4. The Hall–Kier alpha value is -9.06. The molecule has 0 spiro atoms. The Morgan fingerprint density at radius 3 is 1.46 bits per heavy atom. The fourth-order valence-corrected chi connectivity index (χ4v) is 13.3. The summed E-state index contributed by atoms with van der Waals surface area (Å²) in [4.78, 5) is 9.82. The molecule has 0 saturated carbocycles. The van der Waals surface area contributed by atoms with E-state index >= 15 is 0 Å². The van der Waals surface area contributed by atoms with Crippen LogP contribution in [0.15, 0.2) is 213 Å². The predicted molar refractivity (Wildman–Crippen MR) is 291 cm³/mol. The van der Waals surface area contributed by atoms with Crippen molar-refractivity contribution in [1.29, 1.82) is 0 Å². The van der Waals surface area contributed by atoms with Crippen LogP contribution in [0.5, 0.6) is 0 Å². The second kappa shape index (κ2) is 12.9. The van der Waals surface area contributed by atoms with Crippen molar-refractivity contribution in [2.75, 3.05) is 0 Å². The minimum atomic E-state index is -0.106. The first kappa shape index (κ1) is 36.1. The number of benzene rings is 11. The van der Waals surface area contributed by atoms with Crippen molar-refractivity contribution in [3.63, 3.8) is 0 Å². The zero-order valence-corrected chi connectivity index (χ0v) is 37.1. The van der Waals surface area contributed by atoms with E-state index in [1.807, 2.05) is 24.5 Å². The molecule has 69 heavy (non-hydrogen) atoms. The van der Waals surface area contributed by atoms with Gasteiger partial charge in [0.05, 0.1) is 27.9 Å². The van der Waals surface area contributed by atoms with Gasteiger partial charge in [0.2, 0.25) is 0 Å². The van der Waals surface area contributed by atoms with Crippen molar-refractivity contribution in [1.82, 2.24) is 19.1 Å². The van der Waals surface area contributed by atoms with Crippen LogP contribution in [0.25, 0.3) is 142 Å². The minimum Gasteiger partial charge on any atom is -0.310 e. The Kier molecular flexibility index (Phi) is 6.74. The van der Waals surface area contributed by atoms with Gasteiger partial charge in [0.25, 0.3) is 6.71 Å². The highest BCUT2D eigenvalue weighted by molar-refractivity contribution is 7.02. The second-order valence-electron chi connectivity index (χ2n) is 19.1. The predicted octanol–water partition coefficient (Wildman–Crippen LogP) is 14.1. The van der Waals surface area contributed by atoms with Crippen LogP contribution in [-0.2, 0) is 0 Å². The summed E-state index contributed by atoms with van der Waals surface area (Å²) in [6.45, 7) is -0.106. The topological polar surface area (TPSA) is 35.6 Å². The summed E-state index contributed by atoms with van der Waals surface area (Å²) in [5.41, 5.74) is 15.5. The molecule has 0 amide bonds. The average Bonchev–Trinajstić information content (AvgIpc) is 3.94. The molecule has 6 heterocycles. The summed E-state index contributed by atoms with van der Waals surface area (Å²) in [6, 6.07) is 74.9. The number of fused-ring (bicyclic) bond motifs is 24. The van der Waals surface area contributed by atoms with Gasteiger partial charge in [-0.3, -0.25) is 9.97 Å². The van der Waals surface area contributed by atoms with E-state index in [0.717, 1.165) is 22.5 Å². The van der Waals surface area contributed by atoms with Gasteiger partial charge in [-0.1, -0.05) is 133 Å². The molecule has 4 aromatic heterocycles. The van der Waals surface area contributed by atoms with Crippen LogP contribution < -0.4 is 16.4 Å². The zero-order valence-electron chi connectivity index (χ0n) is 37.1. The molecule has 0 saturated heterocycles. The smallest absolute Gasteiger partial charge is 0.253 e. The van der Waals surface area contributed by atoms with Gasteiger partial charge in [-0.05, 0) is 142 Å². The number of hydrogen-bond acceptors (Lipinski definition) is 2. The third-order valence-corrected chi connectivity index (χ3v) is 15.9. The number of aromatic nitrogens is 4. The van der Waals surface area contributed by atoms with E-state index in [-0.39, 0.29) is 6.71 Å². The van der Waals surface area contributed by atoms with Crippen LogP contribution in [0.2, 0.25) is 0 Å². The van der Waals surface area contributed by atoms with E-state index in [1.165, 1.54) is 136 Å². The molecule has 11 aromatic carbocycles. The lowest BCUT2D eigenvalue weighted by molar-refractivity contribution is 1.14.